The third-order valence-corrected chi connectivity index (χ3v) is 5.86. The van der Waals surface area contributed by atoms with Crippen molar-refractivity contribution in [2.24, 2.45) is 0 Å². The van der Waals surface area contributed by atoms with Gasteiger partial charge in [-0.2, -0.15) is 0 Å². The molecule has 1 heterocycles. The molecule has 0 bridgehead atoms. The van der Waals surface area contributed by atoms with Gasteiger partial charge < -0.3 is 14.7 Å². The second-order valence-electron chi connectivity index (χ2n) is 7.64. The van der Waals surface area contributed by atoms with Gasteiger partial charge in [-0.15, -0.1) is 0 Å². The van der Waals surface area contributed by atoms with Gasteiger partial charge in [-0.05, 0) is 35.9 Å². The number of Topliss-reactive ketones (excluding diaryl/α,β-unsaturated/α-hetero) is 1. The summed E-state index contributed by atoms with van der Waals surface area (Å²) in [5, 5.41) is 23.3. The van der Waals surface area contributed by atoms with E-state index in [4.69, 9.17) is 16.3 Å². The second-order valence-corrected chi connectivity index (χ2v) is 8.08. The predicted octanol–water partition coefficient (Wildman–Crippen LogP) is 4.26. The Balaban J connectivity index is 1.67. The normalized spacial score (nSPS) is 17.1. The number of aliphatic hydroxyl groups is 1. The minimum atomic E-state index is -2.10. The quantitative estimate of drug-likeness (QED) is 0.316. The van der Waals surface area contributed by atoms with Gasteiger partial charge in [0.15, 0.2) is 17.1 Å². The summed E-state index contributed by atoms with van der Waals surface area (Å²) in [6, 6.07) is 17.4. The Bertz CT molecular complexity index is 1260. The molecule has 0 unspecified atom stereocenters. The first-order valence-electron chi connectivity index (χ1n) is 9.98. The number of rotatable bonds is 7. The first-order chi connectivity index (χ1) is 15.7. The number of nitro groups is 1. The maximum atomic E-state index is 13.4. The molecule has 1 amide bonds. The van der Waals surface area contributed by atoms with E-state index < -0.39 is 28.6 Å². The molecule has 8 nitrogen and oxygen atoms in total. The van der Waals surface area contributed by atoms with E-state index in [1.165, 1.54) is 24.1 Å². The van der Waals surface area contributed by atoms with Crippen LogP contribution in [0.25, 0.3) is 0 Å². The lowest BCUT2D eigenvalue weighted by Gasteiger charge is -2.23. The highest BCUT2D eigenvalue weighted by molar-refractivity contribution is 6.30. The fourth-order valence-corrected chi connectivity index (χ4v) is 4.07. The molecule has 0 aliphatic carbocycles. The Kier molecular flexibility index (Phi) is 5.88. The molecule has 0 aromatic heterocycles. The number of fused-ring (bicyclic) bond motifs is 1. The van der Waals surface area contributed by atoms with E-state index in [9.17, 15) is 24.8 Å². The second kappa shape index (κ2) is 8.65. The van der Waals surface area contributed by atoms with Crippen molar-refractivity contribution in [1.82, 2.24) is 0 Å². The molecule has 0 fully saturated rings. The SMILES string of the molecule is COc1ccc(C(=O)C[C@]2(O)C(=O)N(Cc3ccc(Cl)cc3)c3ccccc32)cc1[N+](=O)[O-]. The van der Waals surface area contributed by atoms with E-state index in [1.54, 1.807) is 48.5 Å². The molecule has 4 rings (SSSR count). The Morgan fingerprint density at radius 1 is 1.15 bits per heavy atom. The number of nitro benzene ring substituents is 1. The Morgan fingerprint density at radius 2 is 1.85 bits per heavy atom. The van der Waals surface area contributed by atoms with E-state index in [-0.39, 0.29) is 23.5 Å². The molecule has 0 saturated carbocycles. The van der Waals surface area contributed by atoms with Gasteiger partial charge in [-0.3, -0.25) is 19.7 Å². The minimum Gasteiger partial charge on any atom is -0.490 e. The lowest BCUT2D eigenvalue weighted by molar-refractivity contribution is -0.385. The molecular formula is C24H19ClN2O6. The predicted molar refractivity (Wildman–Crippen MR) is 122 cm³/mol. The number of hydrogen-bond donors (Lipinski definition) is 1. The summed E-state index contributed by atoms with van der Waals surface area (Å²) in [6.07, 6.45) is -0.566. The molecule has 0 spiro atoms. The van der Waals surface area contributed by atoms with Crippen LogP contribution in [0.15, 0.2) is 66.7 Å². The number of anilines is 1. The number of benzene rings is 3. The van der Waals surface area contributed by atoms with Crippen LogP contribution in [-0.4, -0.2) is 28.8 Å². The third-order valence-electron chi connectivity index (χ3n) is 5.61. The van der Waals surface area contributed by atoms with Crippen molar-refractivity contribution < 1.29 is 24.4 Å². The van der Waals surface area contributed by atoms with Gasteiger partial charge in [-0.25, -0.2) is 0 Å². The largest absolute Gasteiger partial charge is 0.490 e. The lowest BCUT2D eigenvalue weighted by Crippen LogP contribution is -2.41. The van der Waals surface area contributed by atoms with Crippen molar-refractivity contribution >= 4 is 34.7 Å². The summed E-state index contributed by atoms with van der Waals surface area (Å²) in [5.41, 5.74) is -0.887. The van der Waals surface area contributed by atoms with Crippen LogP contribution in [0.1, 0.15) is 27.9 Å². The van der Waals surface area contributed by atoms with Crippen LogP contribution in [0.4, 0.5) is 11.4 Å². The molecule has 3 aromatic rings. The van der Waals surface area contributed by atoms with Crippen LogP contribution in [0.2, 0.25) is 5.02 Å². The van der Waals surface area contributed by atoms with E-state index in [0.717, 1.165) is 11.6 Å². The summed E-state index contributed by atoms with van der Waals surface area (Å²) < 4.78 is 4.96. The molecule has 0 saturated heterocycles. The fourth-order valence-electron chi connectivity index (χ4n) is 3.95. The number of nitrogens with zero attached hydrogens (tertiary/aromatic N) is 2. The molecule has 1 atom stereocenters. The Labute approximate surface area is 194 Å². The number of amides is 1. The smallest absolute Gasteiger partial charge is 0.311 e. The molecule has 1 N–H and O–H groups in total. The van der Waals surface area contributed by atoms with Crippen molar-refractivity contribution in [3.63, 3.8) is 0 Å². The monoisotopic (exact) mass is 466 g/mol. The molecule has 0 radical (unpaired) electrons. The zero-order valence-electron chi connectivity index (χ0n) is 17.5. The van der Waals surface area contributed by atoms with Crippen LogP contribution in [0, 0.1) is 10.1 Å². The van der Waals surface area contributed by atoms with Gasteiger partial charge >= 0.3 is 5.69 Å². The van der Waals surface area contributed by atoms with Crippen LogP contribution >= 0.6 is 11.6 Å². The Morgan fingerprint density at radius 3 is 2.52 bits per heavy atom. The molecule has 9 heteroatoms. The number of ether oxygens (including phenoxy) is 1. The van der Waals surface area contributed by atoms with E-state index in [1.807, 2.05) is 0 Å². The topological polar surface area (TPSA) is 110 Å². The Hall–Kier alpha value is -3.75. The molecule has 33 heavy (non-hydrogen) atoms. The summed E-state index contributed by atoms with van der Waals surface area (Å²) >= 11 is 5.94. The first kappa shape index (κ1) is 22.4. The summed E-state index contributed by atoms with van der Waals surface area (Å²) in [6.45, 7) is 0.178. The van der Waals surface area contributed by atoms with Gasteiger partial charge in [0.05, 0.1) is 30.7 Å². The van der Waals surface area contributed by atoms with Crippen LogP contribution in [0.5, 0.6) is 5.75 Å². The number of halogens is 1. The van der Waals surface area contributed by atoms with Crippen LogP contribution in [0.3, 0.4) is 0 Å². The number of methoxy groups -OCH3 is 1. The van der Waals surface area contributed by atoms with Gasteiger partial charge in [-0.1, -0.05) is 41.9 Å². The highest BCUT2D eigenvalue weighted by Crippen LogP contribution is 2.43. The maximum absolute atomic E-state index is 13.4. The van der Waals surface area contributed by atoms with Crippen molar-refractivity contribution in [3.8, 4) is 5.75 Å². The van der Waals surface area contributed by atoms with Crippen LogP contribution < -0.4 is 9.64 Å². The zero-order valence-corrected chi connectivity index (χ0v) is 18.3. The first-order valence-corrected chi connectivity index (χ1v) is 10.4. The van der Waals surface area contributed by atoms with E-state index in [0.29, 0.717) is 16.3 Å². The van der Waals surface area contributed by atoms with Gasteiger partial charge in [0.2, 0.25) is 0 Å². The number of ketones is 1. The molecule has 1 aliphatic heterocycles. The summed E-state index contributed by atoms with van der Waals surface area (Å²) in [4.78, 5) is 38.5. The number of carbonyl (C=O) groups excluding carboxylic acids is 2. The summed E-state index contributed by atoms with van der Waals surface area (Å²) in [5.74, 6) is -1.25. The third kappa shape index (κ3) is 4.06. The van der Waals surface area contributed by atoms with Gasteiger partial charge in [0.25, 0.3) is 5.91 Å². The molecular weight excluding hydrogens is 448 g/mol. The molecule has 1 aliphatic rings. The molecule has 3 aromatic carbocycles. The lowest BCUT2D eigenvalue weighted by atomic mass is 9.88. The maximum Gasteiger partial charge on any atom is 0.311 e. The summed E-state index contributed by atoms with van der Waals surface area (Å²) in [7, 11) is 1.29. The van der Waals surface area contributed by atoms with Gasteiger partial charge in [0, 0.05) is 22.2 Å². The average molecular weight is 467 g/mol. The minimum absolute atomic E-state index is 0.00245. The zero-order chi connectivity index (χ0) is 23.8. The standard InChI is InChI=1S/C24H19ClN2O6/c1-33-22-11-8-16(12-20(22)27(31)32)21(28)13-24(30)18-4-2-3-5-19(18)26(23(24)29)14-15-6-9-17(25)10-7-15/h2-12,30H,13-14H2,1H3/t24-/m1/s1. The van der Waals surface area contributed by atoms with E-state index >= 15 is 0 Å². The highest BCUT2D eigenvalue weighted by atomic mass is 35.5. The van der Waals surface area contributed by atoms with Crippen molar-refractivity contribution in [2.75, 3.05) is 12.0 Å². The van der Waals surface area contributed by atoms with E-state index in [2.05, 4.69) is 0 Å². The average Bonchev–Trinajstić information content (AvgIpc) is 3.01. The fraction of sp³-hybridized carbons (Fsp3) is 0.167. The number of hydrogen-bond acceptors (Lipinski definition) is 6. The van der Waals surface area contributed by atoms with Crippen molar-refractivity contribution in [3.05, 3.63) is 98.6 Å². The van der Waals surface area contributed by atoms with Crippen molar-refractivity contribution in [1.29, 1.82) is 0 Å². The highest BCUT2D eigenvalue weighted by Gasteiger charge is 2.50. The number of para-hydroxylation sites is 1. The molecule has 168 valence electrons. The van der Waals surface area contributed by atoms with Crippen molar-refractivity contribution in [2.45, 2.75) is 18.6 Å². The van der Waals surface area contributed by atoms with Gasteiger partial charge in [0.1, 0.15) is 0 Å². The van der Waals surface area contributed by atoms with Crippen LogP contribution in [-0.2, 0) is 16.9 Å². The number of carbonyl (C=O) groups is 2.